The predicted molar refractivity (Wildman–Crippen MR) is 116 cm³/mol. The zero-order chi connectivity index (χ0) is 18.5. The topological polar surface area (TPSA) is 37.8 Å². The summed E-state index contributed by atoms with van der Waals surface area (Å²) in [6.07, 6.45) is 4.38. The van der Waals surface area contributed by atoms with Crippen LogP contribution in [0.5, 0.6) is 5.75 Å². The second kappa shape index (κ2) is 9.49. The molecule has 2 fully saturated rings. The minimum absolute atomic E-state index is 0.606. The van der Waals surface area contributed by atoms with Crippen molar-refractivity contribution >= 4 is 33.5 Å². The molecule has 0 spiro atoms. The number of halogens is 1. The Hall–Kier alpha value is -0.960. The van der Waals surface area contributed by atoms with E-state index in [1.54, 1.807) is 0 Å². The highest BCUT2D eigenvalue weighted by Crippen LogP contribution is 2.27. The maximum absolute atomic E-state index is 6.26. The van der Waals surface area contributed by atoms with Crippen molar-refractivity contribution in [1.82, 2.24) is 14.8 Å². The van der Waals surface area contributed by atoms with Crippen molar-refractivity contribution in [3.63, 3.8) is 0 Å². The van der Waals surface area contributed by atoms with Crippen LogP contribution in [-0.4, -0.2) is 73.9 Å². The molecule has 1 aromatic heterocycles. The van der Waals surface area contributed by atoms with Gasteiger partial charge in [0.1, 0.15) is 5.75 Å². The molecule has 0 saturated carbocycles. The van der Waals surface area contributed by atoms with Crippen molar-refractivity contribution in [2.75, 3.05) is 59.1 Å². The van der Waals surface area contributed by atoms with E-state index in [9.17, 15) is 0 Å². The SMILES string of the molecule is Ic1ccc2nccc(OC[C@@H]3CCCN(CCN4CCOCC4)C3)c2c1. The van der Waals surface area contributed by atoms with E-state index in [0.29, 0.717) is 5.92 Å². The molecule has 1 aromatic carbocycles. The Morgan fingerprint density at radius 1 is 1.11 bits per heavy atom. The molecule has 2 aliphatic heterocycles. The molecule has 5 nitrogen and oxygen atoms in total. The second-order valence-corrected chi connectivity index (χ2v) is 8.79. The van der Waals surface area contributed by atoms with Crippen LogP contribution in [0.25, 0.3) is 10.9 Å². The van der Waals surface area contributed by atoms with Crippen LogP contribution in [0, 0.1) is 9.49 Å². The van der Waals surface area contributed by atoms with Gasteiger partial charge in [0.2, 0.25) is 0 Å². The summed E-state index contributed by atoms with van der Waals surface area (Å²) in [6.45, 7) is 9.39. The van der Waals surface area contributed by atoms with Crippen LogP contribution in [0.3, 0.4) is 0 Å². The summed E-state index contributed by atoms with van der Waals surface area (Å²) >= 11 is 2.34. The van der Waals surface area contributed by atoms with Crippen molar-refractivity contribution in [3.05, 3.63) is 34.0 Å². The van der Waals surface area contributed by atoms with Crippen molar-refractivity contribution in [2.45, 2.75) is 12.8 Å². The van der Waals surface area contributed by atoms with Crippen LogP contribution < -0.4 is 4.74 Å². The van der Waals surface area contributed by atoms with Gasteiger partial charge in [-0.2, -0.15) is 0 Å². The highest BCUT2D eigenvalue weighted by Gasteiger charge is 2.21. The number of fused-ring (bicyclic) bond motifs is 1. The molecule has 0 amide bonds. The van der Waals surface area contributed by atoms with E-state index >= 15 is 0 Å². The molecule has 0 bridgehead atoms. The van der Waals surface area contributed by atoms with Gasteiger partial charge < -0.3 is 14.4 Å². The third-order valence-electron chi connectivity index (χ3n) is 5.58. The van der Waals surface area contributed by atoms with Crippen molar-refractivity contribution in [2.24, 2.45) is 5.92 Å². The van der Waals surface area contributed by atoms with Gasteiger partial charge in [-0.3, -0.25) is 9.88 Å². The summed E-state index contributed by atoms with van der Waals surface area (Å²) in [5.41, 5.74) is 1.00. The van der Waals surface area contributed by atoms with Crippen LogP contribution >= 0.6 is 22.6 Å². The molecule has 4 rings (SSSR count). The zero-order valence-corrected chi connectivity index (χ0v) is 17.9. The normalized spacial score (nSPS) is 22.2. The van der Waals surface area contributed by atoms with Crippen LogP contribution in [0.4, 0.5) is 0 Å². The van der Waals surface area contributed by atoms with Gasteiger partial charge in [0.15, 0.2) is 0 Å². The molecular weight excluding hydrogens is 453 g/mol. The van der Waals surface area contributed by atoms with E-state index in [1.165, 1.54) is 23.0 Å². The fourth-order valence-electron chi connectivity index (χ4n) is 4.02. The Kier molecular flexibility index (Phi) is 6.81. The van der Waals surface area contributed by atoms with Gasteiger partial charge in [0.25, 0.3) is 0 Å². The van der Waals surface area contributed by atoms with Crippen LogP contribution in [0.1, 0.15) is 12.8 Å². The van der Waals surface area contributed by atoms with Gasteiger partial charge in [-0.25, -0.2) is 0 Å². The quantitative estimate of drug-likeness (QED) is 0.593. The monoisotopic (exact) mass is 481 g/mol. The van der Waals surface area contributed by atoms with Gasteiger partial charge in [0, 0.05) is 53.8 Å². The molecule has 2 saturated heterocycles. The highest BCUT2D eigenvalue weighted by atomic mass is 127. The lowest BCUT2D eigenvalue weighted by Crippen LogP contribution is -2.44. The van der Waals surface area contributed by atoms with Gasteiger partial charge in [-0.15, -0.1) is 0 Å². The van der Waals surface area contributed by atoms with E-state index in [0.717, 1.165) is 69.2 Å². The maximum atomic E-state index is 6.26. The van der Waals surface area contributed by atoms with Gasteiger partial charge in [-0.05, 0) is 66.2 Å². The first-order chi connectivity index (χ1) is 13.3. The second-order valence-electron chi connectivity index (χ2n) is 7.54. The smallest absolute Gasteiger partial charge is 0.130 e. The number of nitrogens with zero attached hydrogens (tertiary/aromatic N) is 3. The standard InChI is InChI=1S/C21H28IN3O2/c22-18-3-4-20-19(14-18)21(5-6-23-20)27-16-17-2-1-7-25(15-17)9-8-24-10-12-26-13-11-24/h3-6,14,17H,1-2,7-13,15-16H2/t17-/m1/s1. The minimum Gasteiger partial charge on any atom is -0.492 e. The number of ether oxygens (including phenoxy) is 2. The van der Waals surface area contributed by atoms with Crippen molar-refractivity contribution in [3.8, 4) is 5.75 Å². The fraction of sp³-hybridized carbons (Fsp3) is 0.571. The summed E-state index contributed by atoms with van der Waals surface area (Å²) in [6, 6.07) is 8.32. The molecule has 2 aromatic rings. The number of hydrogen-bond donors (Lipinski definition) is 0. The summed E-state index contributed by atoms with van der Waals surface area (Å²) in [5, 5.41) is 1.12. The Morgan fingerprint density at radius 3 is 2.85 bits per heavy atom. The summed E-state index contributed by atoms with van der Waals surface area (Å²) in [5.74, 6) is 1.57. The van der Waals surface area contributed by atoms with Crippen LogP contribution in [0.2, 0.25) is 0 Å². The van der Waals surface area contributed by atoms with Crippen molar-refractivity contribution < 1.29 is 9.47 Å². The third-order valence-corrected chi connectivity index (χ3v) is 6.25. The van der Waals surface area contributed by atoms with E-state index in [-0.39, 0.29) is 0 Å². The highest BCUT2D eigenvalue weighted by molar-refractivity contribution is 14.1. The Labute approximate surface area is 175 Å². The van der Waals surface area contributed by atoms with Gasteiger partial charge >= 0.3 is 0 Å². The van der Waals surface area contributed by atoms with E-state index in [1.807, 2.05) is 12.3 Å². The van der Waals surface area contributed by atoms with Gasteiger partial charge in [-0.1, -0.05) is 0 Å². The number of hydrogen-bond acceptors (Lipinski definition) is 5. The molecule has 3 heterocycles. The predicted octanol–water partition coefficient (Wildman–Crippen LogP) is 3.26. The number of morpholine rings is 1. The molecule has 0 N–H and O–H groups in total. The van der Waals surface area contributed by atoms with E-state index < -0.39 is 0 Å². The molecule has 0 unspecified atom stereocenters. The molecule has 27 heavy (non-hydrogen) atoms. The molecule has 2 aliphatic rings. The van der Waals surface area contributed by atoms with Crippen LogP contribution in [-0.2, 0) is 4.74 Å². The first-order valence-electron chi connectivity index (χ1n) is 9.97. The number of piperidine rings is 1. The summed E-state index contributed by atoms with van der Waals surface area (Å²) in [4.78, 5) is 9.59. The molecule has 1 atom stereocenters. The average molecular weight is 481 g/mol. The summed E-state index contributed by atoms with van der Waals surface area (Å²) in [7, 11) is 0. The maximum Gasteiger partial charge on any atom is 0.130 e. The van der Waals surface area contributed by atoms with E-state index in [2.05, 4.69) is 55.6 Å². The minimum atomic E-state index is 0.606. The fourth-order valence-corrected chi connectivity index (χ4v) is 4.52. The lowest BCUT2D eigenvalue weighted by molar-refractivity contribution is 0.0297. The van der Waals surface area contributed by atoms with Crippen LogP contribution in [0.15, 0.2) is 30.5 Å². The number of rotatable bonds is 6. The molecule has 0 aliphatic carbocycles. The molecule has 146 valence electrons. The number of likely N-dealkylation sites (tertiary alicyclic amines) is 1. The molecule has 0 radical (unpaired) electrons. The molecule has 6 heteroatoms. The Bertz CT molecular complexity index is 751. The third kappa shape index (κ3) is 5.31. The summed E-state index contributed by atoms with van der Waals surface area (Å²) < 4.78 is 12.9. The zero-order valence-electron chi connectivity index (χ0n) is 15.8. The lowest BCUT2D eigenvalue weighted by atomic mass is 9.99. The number of benzene rings is 1. The van der Waals surface area contributed by atoms with E-state index in [4.69, 9.17) is 9.47 Å². The average Bonchev–Trinajstić information content (AvgIpc) is 2.72. The van der Waals surface area contributed by atoms with Crippen molar-refractivity contribution in [1.29, 1.82) is 0 Å². The molecular formula is C21H28IN3O2. The first-order valence-corrected chi connectivity index (χ1v) is 11.1. The lowest BCUT2D eigenvalue weighted by Gasteiger charge is -2.35. The largest absolute Gasteiger partial charge is 0.492 e. The Balaban J connectivity index is 1.30. The number of aromatic nitrogens is 1. The first kappa shape index (κ1) is 19.4. The number of pyridine rings is 1. The Morgan fingerprint density at radius 2 is 1.96 bits per heavy atom. The van der Waals surface area contributed by atoms with Gasteiger partial charge in [0.05, 0.1) is 25.3 Å².